The molecule has 0 spiro atoms. The van der Waals surface area contributed by atoms with Gasteiger partial charge in [-0.3, -0.25) is 4.79 Å². The topological polar surface area (TPSA) is 40.5 Å². The summed E-state index contributed by atoms with van der Waals surface area (Å²) in [7, 11) is 0. The lowest BCUT2D eigenvalue weighted by atomic mass is 10.2. The fourth-order valence-corrected chi connectivity index (χ4v) is 2.17. The van der Waals surface area contributed by atoms with Crippen molar-refractivity contribution in [3.8, 4) is 5.75 Å². The lowest BCUT2D eigenvalue weighted by Gasteiger charge is -2.16. The zero-order valence-corrected chi connectivity index (χ0v) is 11.7. The fraction of sp³-hybridized carbons (Fsp3) is 0. The second kappa shape index (κ2) is 5.70. The third-order valence-electron chi connectivity index (χ3n) is 2.46. The number of nitrogens with zero attached hydrogens (tertiary/aromatic N) is 1. The standard InChI is InChI=1S/C13H8Cl3NO2/c14-9-5-3-6-10(12(9)15)17(16)13(19)8-4-1-2-7-11(8)18/h1-7,18H. The lowest BCUT2D eigenvalue weighted by molar-refractivity contribution is 0.100. The summed E-state index contributed by atoms with van der Waals surface area (Å²) in [5, 5.41) is 10.1. The first-order chi connectivity index (χ1) is 9.02. The summed E-state index contributed by atoms with van der Waals surface area (Å²) >= 11 is 17.8. The van der Waals surface area contributed by atoms with E-state index in [1.54, 1.807) is 30.3 Å². The average molecular weight is 317 g/mol. The molecule has 0 aliphatic rings. The highest BCUT2D eigenvalue weighted by atomic mass is 35.5. The maximum absolute atomic E-state index is 12.2. The van der Waals surface area contributed by atoms with Gasteiger partial charge in [-0.15, -0.1) is 0 Å². The van der Waals surface area contributed by atoms with E-state index < -0.39 is 5.91 Å². The molecule has 0 atom stereocenters. The van der Waals surface area contributed by atoms with Crippen LogP contribution in [-0.2, 0) is 0 Å². The predicted molar refractivity (Wildman–Crippen MR) is 77.2 cm³/mol. The van der Waals surface area contributed by atoms with Crippen LogP contribution in [0.4, 0.5) is 5.69 Å². The molecule has 0 bridgehead atoms. The number of para-hydroxylation sites is 1. The van der Waals surface area contributed by atoms with Crippen LogP contribution in [0.3, 0.4) is 0 Å². The SMILES string of the molecule is O=C(c1ccccc1O)N(Cl)c1cccc(Cl)c1Cl. The second-order valence-corrected chi connectivity index (χ2v) is 4.80. The van der Waals surface area contributed by atoms with Gasteiger partial charge >= 0.3 is 0 Å². The Hall–Kier alpha value is -1.42. The van der Waals surface area contributed by atoms with Crippen molar-refractivity contribution in [3.63, 3.8) is 0 Å². The summed E-state index contributed by atoms with van der Waals surface area (Å²) in [4.78, 5) is 12.2. The highest BCUT2D eigenvalue weighted by Gasteiger charge is 2.21. The van der Waals surface area contributed by atoms with Gasteiger partial charge in [-0.1, -0.05) is 41.4 Å². The summed E-state index contributed by atoms with van der Waals surface area (Å²) in [6.07, 6.45) is 0. The molecule has 2 aromatic rings. The highest BCUT2D eigenvalue weighted by molar-refractivity contribution is 6.47. The van der Waals surface area contributed by atoms with Crippen molar-refractivity contribution in [2.24, 2.45) is 0 Å². The normalized spacial score (nSPS) is 10.3. The van der Waals surface area contributed by atoms with Crippen LogP contribution in [0.1, 0.15) is 10.4 Å². The molecule has 3 nitrogen and oxygen atoms in total. The number of hydrogen-bond donors (Lipinski definition) is 1. The van der Waals surface area contributed by atoms with Gasteiger partial charge in [-0.05, 0) is 24.3 Å². The molecule has 1 amide bonds. The molecule has 0 aliphatic heterocycles. The fourth-order valence-electron chi connectivity index (χ4n) is 1.51. The van der Waals surface area contributed by atoms with Crippen LogP contribution in [0.25, 0.3) is 0 Å². The molecule has 2 rings (SSSR count). The number of carbonyl (C=O) groups is 1. The molecule has 0 radical (unpaired) electrons. The van der Waals surface area contributed by atoms with Crippen LogP contribution in [0.5, 0.6) is 5.75 Å². The maximum atomic E-state index is 12.2. The van der Waals surface area contributed by atoms with Gasteiger partial charge in [0.2, 0.25) is 0 Å². The van der Waals surface area contributed by atoms with Crippen molar-refractivity contribution in [1.29, 1.82) is 0 Å². The summed E-state index contributed by atoms with van der Waals surface area (Å²) in [5.41, 5.74) is 0.331. The first-order valence-electron chi connectivity index (χ1n) is 5.24. The largest absolute Gasteiger partial charge is 0.507 e. The Morgan fingerprint density at radius 3 is 2.42 bits per heavy atom. The number of phenols is 1. The van der Waals surface area contributed by atoms with Crippen LogP contribution in [0.2, 0.25) is 10.0 Å². The number of hydrogen-bond acceptors (Lipinski definition) is 2. The third kappa shape index (κ3) is 2.78. The van der Waals surface area contributed by atoms with E-state index >= 15 is 0 Å². The minimum atomic E-state index is -0.594. The number of rotatable bonds is 2. The van der Waals surface area contributed by atoms with Crippen molar-refractivity contribution < 1.29 is 9.90 Å². The van der Waals surface area contributed by atoms with E-state index in [1.165, 1.54) is 12.1 Å². The minimum absolute atomic E-state index is 0.0774. The van der Waals surface area contributed by atoms with E-state index in [9.17, 15) is 9.90 Å². The Morgan fingerprint density at radius 1 is 1.05 bits per heavy atom. The Bertz CT molecular complexity index is 631. The van der Waals surface area contributed by atoms with Crippen LogP contribution in [0.15, 0.2) is 42.5 Å². The van der Waals surface area contributed by atoms with Crippen LogP contribution >= 0.6 is 35.0 Å². The van der Waals surface area contributed by atoms with Gasteiger partial charge in [0.05, 0.1) is 21.3 Å². The first kappa shape index (κ1) is 14.0. The van der Waals surface area contributed by atoms with Crippen molar-refractivity contribution in [2.75, 3.05) is 4.42 Å². The van der Waals surface area contributed by atoms with Crippen molar-refractivity contribution in [2.45, 2.75) is 0 Å². The van der Waals surface area contributed by atoms with Gasteiger partial charge in [0.25, 0.3) is 5.91 Å². The number of halogens is 3. The van der Waals surface area contributed by atoms with Crippen LogP contribution in [0, 0.1) is 0 Å². The first-order valence-corrected chi connectivity index (χ1v) is 6.34. The number of amides is 1. The molecule has 0 heterocycles. The minimum Gasteiger partial charge on any atom is -0.507 e. The average Bonchev–Trinajstić information content (AvgIpc) is 2.41. The van der Waals surface area contributed by atoms with E-state index in [0.717, 1.165) is 4.42 Å². The van der Waals surface area contributed by atoms with Gasteiger partial charge in [-0.25, -0.2) is 4.42 Å². The quantitative estimate of drug-likeness (QED) is 0.829. The number of phenolic OH excluding ortho intramolecular Hbond substituents is 1. The van der Waals surface area contributed by atoms with E-state index in [-0.39, 0.29) is 27.0 Å². The van der Waals surface area contributed by atoms with E-state index in [1.807, 2.05) is 0 Å². The van der Waals surface area contributed by atoms with E-state index in [0.29, 0.717) is 0 Å². The van der Waals surface area contributed by atoms with Gasteiger partial charge in [0.1, 0.15) is 5.75 Å². The molecule has 2 aromatic carbocycles. The van der Waals surface area contributed by atoms with Gasteiger partial charge in [-0.2, -0.15) is 0 Å². The van der Waals surface area contributed by atoms with Crippen LogP contribution < -0.4 is 4.42 Å². The molecule has 0 saturated carbocycles. The van der Waals surface area contributed by atoms with Crippen molar-refractivity contribution in [3.05, 3.63) is 58.1 Å². The van der Waals surface area contributed by atoms with E-state index in [4.69, 9.17) is 35.0 Å². The second-order valence-electron chi connectivity index (χ2n) is 3.68. The maximum Gasteiger partial charge on any atom is 0.276 e. The molecule has 0 aromatic heterocycles. The lowest BCUT2D eigenvalue weighted by Crippen LogP contribution is -2.21. The Morgan fingerprint density at radius 2 is 1.74 bits per heavy atom. The monoisotopic (exact) mass is 315 g/mol. The van der Waals surface area contributed by atoms with Gasteiger partial charge in [0, 0.05) is 11.8 Å². The molecule has 0 unspecified atom stereocenters. The van der Waals surface area contributed by atoms with Crippen molar-refractivity contribution in [1.82, 2.24) is 0 Å². The third-order valence-corrected chi connectivity index (χ3v) is 3.60. The molecule has 19 heavy (non-hydrogen) atoms. The molecule has 0 fully saturated rings. The smallest absolute Gasteiger partial charge is 0.276 e. The summed E-state index contributed by atoms with van der Waals surface area (Å²) in [6, 6.07) is 10.9. The van der Waals surface area contributed by atoms with E-state index in [2.05, 4.69) is 0 Å². The number of benzene rings is 2. The number of aromatic hydroxyl groups is 1. The van der Waals surface area contributed by atoms with Gasteiger partial charge < -0.3 is 5.11 Å². The van der Waals surface area contributed by atoms with Crippen molar-refractivity contribution >= 4 is 46.6 Å². The summed E-state index contributed by atoms with van der Waals surface area (Å²) < 4.78 is 0.823. The van der Waals surface area contributed by atoms with Crippen LogP contribution in [-0.4, -0.2) is 11.0 Å². The predicted octanol–water partition coefficient (Wildman–Crippen LogP) is 4.50. The highest BCUT2D eigenvalue weighted by Crippen LogP contribution is 2.34. The number of anilines is 1. The zero-order chi connectivity index (χ0) is 14.0. The molecule has 1 N–H and O–H groups in total. The van der Waals surface area contributed by atoms with Gasteiger partial charge in [0.15, 0.2) is 0 Å². The summed E-state index contributed by atoms with van der Waals surface area (Å²) in [5.74, 6) is -0.750. The molecular formula is C13H8Cl3NO2. The number of carbonyl (C=O) groups excluding carboxylic acids is 1. The zero-order valence-electron chi connectivity index (χ0n) is 9.48. The Balaban J connectivity index is 2.40. The molecule has 0 saturated heterocycles. The molecular weight excluding hydrogens is 309 g/mol. The Labute approximate surface area is 125 Å². The molecule has 98 valence electrons. The molecule has 0 aliphatic carbocycles. The summed E-state index contributed by atoms with van der Waals surface area (Å²) in [6.45, 7) is 0. The molecule has 6 heteroatoms. The Kier molecular flexibility index (Phi) is 4.20.